The number of fused-ring (bicyclic) bond motifs is 5. The van der Waals surface area contributed by atoms with Crippen molar-refractivity contribution in [3.8, 4) is 0 Å². The molecule has 3 saturated heterocycles. The lowest BCUT2D eigenvalue weighted by atomic mass is 10.1. The average molecular weight is 660 g/mol. The fourth-order valence-electron chi connectivity index (χ4n) is 5.22. The summed E-state index contributed by atoms with van der Waals surface area (Å²) in [7, 11) is -9.84. The van der Waals surface area contributed by atoms with E-state index in [2.05, 4.69) is 34.6 Å². The standard InChI is InChI=1S/C20H23FN11O10PS/c21-9-13-8(40-19(9)31-5-28-10-15(22)24-3-26-17(10)31)2-38-43(34,35)41-14-12(33)7(1-30-44(36,37)42-13)39-20(14)32-6-29-11-16(23)25-4-27-18(11)32/h3-9,12-14,19-20,30,33H,1-2H2,(H,34,35)(H2,22,24,26)(H2,23,25,27). The summed E-state index contributed by atoms with van der Waals surface area (Å²) in [6.07, 6.45) is -8.62. The Labute approximate surface area is 245 Å². The third-order valence-corrected chi connectivity index (χ3v) is 9.24. The smallest absolute Gasteiger partial charge is 0.387 e. The molecule has 4 aromatic rings. The van der Waals surface area contributed by atoms with E-state index in [4.69, 9.17) is 34.2 Å². The van der Waals surface area contributed by atoms with Crippen molar-refractivity contribution in [2.45, 2.75) is 49.1 Å². The second-order valence-corrected chi connectivity index (χ2v) is 12.7. The number of imidazole rings is 2. The first kappa shape index (κ1) is 29.2. The molecule has 44 heavy (non-hydrogen) atoms. The van der Waals surface area contributed by atoms with Crippen molar-refractivity contribution in [3.05, 3.63) is 25.3 Å². The van der Waals surface area contributed by atoms with Crippen LogP contribution >= 0.6 is 7.82 Å². The van der Waals surface area contributed by atoms with Gasteiger partial charge in [0.05, 0.1) is 19.3 Å². The predicted octanol–water partition coefficient (Wildman–Crippen LogP) is -1.94. The van der Waals surface area contributed by atoms with E-state index in [1.54, 1.807) is 0 Å². The minimum Gasteiger partial charge on any atom is -0.387 e. The van der Waals surface area contributed by atoms with Gasteiger partial charge in [0.25, 0.3) is 0 Å². The molecular weight excluding hydrogens is 636 g/mol. The van der Waals surface area contributed by atoms with Gasteiger partial charge in [0.15, 0.2) is 41.6 Å². The van der Waals surface area contributed by atoms with Crippen molar-refractivity contribution in [2.24, 2.45) is 0 Å². The summed E-state index contributed by atoms with van der Waals surface area (Å²) < 4.78 is 86.6. The second-order valence-electron chi connectivity index (χ2n) is 9.93. The number of nitrogens with two attached hydrogens (primary N) is 2. The Morgan fingerprint density at radius 1 is 0.932 bits per heavy atom. The van der Waals surface area contributed by atoms with Crippen LogP contribution in [0.4, 0.5) is 16.0 Å². The Morgan fingerprint density at radius 2 is 1.52 bits per heavy atom. The normalized spacial score (nSPS) is 36.1. The molecule has 9 atom stereocenters. The molecule has 0 amide bonds. The molecule has 0 aliphatic carbocycles. The minimum absolute atomic E-state index is 0.00591. The van der Waals surface area contributed by atoms with Crippen molar-refractivity contribution in [3.63, 3.8) is 0 Å². The third kappa shape index (κ3) is 4.95. The minimum atomic E-state index is -5.09. The summed E-state index contributed by atoms with van der Waals surface area (Å²) in [6.45, 7) is -1.51. The molecule has 3 aliphatic heterocycles. The Morgan fingerprint density at radius 3 is 2.16 bits per heavy atom. The molecule has 0 aromatic carbocycles. The van der Waals surface area contributed by atoms with E-state index in [0.717, 1.165) is 23.5 Å². The van der Waals surface area contributed by atoms with Crippen LogP contribution in [0.2, 0.25) is 0 Å². The molecule has 0 spiro atoms. The molecule has 3 aliphatic rings. The highest BCUT2D eigenvalue weighted by Crippen LogP contribution is 2.50. The highest BCUT2D eigenvalue weighted by molar-refractivity contribution is 7.84. The molecule has 9 unspecified atom stereocenters. The predicted molar refractivity (Wildman–Crippen MR) is 141 cm³/mol. The lowest BCUT2D eigenvalue weighted by molar-refractivity contribution is -0.0560. The highest BCUT2D eigenvalue weighted by atomic mass is 32.2. The Kier molecular flexibility index (Phi) is 7.00. The third-order valence-electron chi connectivity index (χ3n) is 7.26. The number of halogens is 1. The number of phosphoric ester groups is 1. The van der Waals surface area contributed by atoms with Crippen molar-refractivity contribution in [2.75, 3.05) is 24.6 Å². The molecule has 7 N–H and O–H groups in total. The van der Waals surface area contributed by atoms with Crippen LogP contribution in [0, 0.1) is 0 Å². The van der Waals surface area contributed by atoms with Crippen molar-refractivity contribution in [1.29, 1.82) is 0 Å². The van der Waals surface area contributed by atoms with Crippen molar-refractivity contribution >= 4 is 52.1 Å². The first-order valence-electron chi connectivity index (χ1n) is 12.7. The number of phosphoric acid groups is 1. The van der Waals surface area contributed by atoms with E-state index in [9.17, 15) is 23.0 Å². The van der Waals surface area contributed by atoms with Gasteiger partial charge in [0.1, 0.15) is 54.2 Å². The Hall–Kier alpha value is -3.51. The maximum atomic E-state index is 15.9. The molecular formula is C20H23FN11O10PS. The monoisotopic (exact) mass is 659 g/mol. The summed E-state index contributed by atoms with van der Waals surface area (Å²) in [5, 5.41) is 11.0. The van der Waals surface area contributed by atoms with Gasteiger partial charge in [-0.05, 0) is 0 Å². The summed E-state index contributed by atoms with van der Waals surface area (Å²) in [6, 6.07) is 0. The van der Waals surface area contributed by atoms with Gasteiger partial charge in [0, 0.05) is 6.54 Å². The van der Waals surface area contributed by atoms with Crippen molar-refractivity contribution < 1.29 is 50.1 Å². The molecule has 21 nitrogen and oxygen atoms in total. The number of hydrogen-bond acceptors (Lipinski definition) is 17. The number of aliphatic hydroxyl groups excluding tert-OH is 1. The van der Waals surface area contributed by atoms with Crippen LogP contribution in [0.5, 0.6) is 0 Å². The van der Waals surface area contributed by atoms with Crippen LogP contribution in [-0.4, -0.2) is 107 Å². The molecule has 24 heteroatoms. The first-order chi connectivity index (χ1) is 20.9. The Bertz CT molecular complexity index is 1900. The summed E-state index contributed by atoms with van der Waals surface area (Å²) in [4.78, 5) is 34.6. The molecule has 236 valence electrons. The highest BCUT2D eigenvalue weighted by Gasteiger charge is 2.53. The van der Waals surface area contributed by atoms with Gasteiger partial charge in [-0.3, -0.25) is 18.2 Å². The largest absolute Gasteiger partial charge is 0.472 e. The zero-order valence-electron chi connectivity index (χ0n) is 22.0. The SMILES string of the molecule is Nc1ncnc2c1ncn2C1OC2COP(=O)(O)OC3C(O)C(CNS(=O)(=O)OC2C1F)OC3n1cnc2c(N)ncnc21. The topological polar surface area (TPSA) is 289 Å². The quantitative estimate of drug-likeness (QED) is 0.146. The summed E-state index contributed by atoms with van der Waals surface area (Å²) in [5.41, 5.74) is 12.1. The Balaban J connectivity index is 1.20. The van der Waals surface area contributed by atoms with Crippen LogP contribution in [0.25, 0.3) is 22.3 Å². The molecule has 3 fully saturated rings. The lowest BCUT2D eigenvalue weighted by Gasteiger charge is -2.25. The summed E-state index contributed by atoms with van der Waals surface area (Å²) >= 11 is 0. The van der Waals surface area contributed by atoms with Gasteiger partial charge in [-0.25, -0.2) is 43.0 Å². The lowest BCUT2D eigenvalue weighted by Crippen LogP contribution is -2.43. The molecule has 0 saturated carbocycles. The maximum Gasteiger partial charge on any atom is 0.472 e. The van der Waals surface area contributed by atoms with Gasteiger partial charge in [0.2, 0.25) is 0 Å². The van der Waals surface area contributed by atoms with E-state index in [1.807, 2.05) is 0 Å². The van der Waals surface area contributed by atoms with E-state index in [1.165, 1.54) is 10.9 Å². The van der Waals surface area contributed by atoms with E-state index in [0.29, 0.717) is 0 Å². The fraction of sp³-hybridized carbons (Fsp3) is 0.500. The maximum absolute atomic E-state index is 15.9. The number of ether oxygens (including phenoxy) is 2. The van der Waals surface area contributed by atoms with E-state index < -0.39 is 80.4 Å². The molecule has 7 heterocycles. The zero-order valence-corrected chi connectivity index (χ0v) is 23.7. The fourth-order valence-corrected chi connectivity index (χ4v) is 7.11. The van der Waals surface area contributed by atoms with Gasteiger partial charge >= 0.3 is 18.1 Å². The molecule has 7 rings (SSSR count). The zero-order chi connectivity index (χ0) is 31.0. The number of rotatable bonds is 2. The number of nitrogens with one attached hydrogen (secondary N) is 1. The van der Waals surface area contributed by atoms with Gasteiger partial charge in [-0.1, -0.05) is 0 Å². The number of nitrogen functional groups attached to an aromatic ring is 2. The van der Waals surface area contributed by atoms with Crippen LogP contribution < -0.4 is 16.2 Å². The second kappa shape index (κ2) is 10.5. The van der Waals surface area contributed by atoms with E-state index >= 15 is 4.39 Å². The summed E-state index contributed by atoms with van der Waals surface area (Å²) in [5.74, 6) is 0.0334. The van der Waals surface area contributed by atoms with Gasteiger partial charge in [-0.15, -0.1) is 0 Å². The average Bonchev–Trinajstić information content (AvgIpc) is 3.73. The molecule has 4 aromatic heterocycles. The van der Waals surface area contributed by atoms with Crippen molar-refractivity contribution in [1.82, 2.24) is 43.8 Å². The molecule has 0 radical (unpaired) electrons. The van der Waals surface area contributed by atoms with Crippen LogP contribution in [0.3, 0.4) is 0 Å². The van der Waals surface area contributed by atoms with E-state index in [-0.39, 0.29) is 34.0 Å². The van der Waals surface area contributed by atoms with Gasteiger partial charge < -0.3 is 30.9 Å². The number of alkyl halides is 1. The number of anilines is 2. The van der Waals surface area contributed by atoms with Crippen LogP contribution in [0.1, 0.15) is 12.5 Å². The first-order valence-corrected chi connectivity index (χ1v) is 15.7. The van der Waals surface area contributed by atoms with Gasteiger partial charge in [-0.2, -0.15) is 13.1 Å². The number of hydrogen-bond donors (Lipinski definition) is 5. The molecule has 2 bridgehead atoms. The number of nitrogens with zero attached hydrogens (tertiary/aromatic N) is 8. The van der Waals surface area contributed by atoms with Crippen LogP contribution in [-0.2, 0) is 37.6 Å². The van der Waals surface area contributed by atoms with Crippen LogP contribution in [0.15, 0.2) is 25.3 Å². The number of aromatic nitrogens is 8. The number of aliphatic hydroxyl groups is 1.